The molecule has 0 bridgehead atoms. The maximum atomic E-state index is 13.9. The summed E-state index contributed by atoms with van der Waals surface area (Å²) in [6.07, 6.45) is 31.0. The topological polar surface area (TPSA) is 54.0 Å². The Balaban J connectivity index is 1.31. The van der Waals surface area contributed by atoms with E-state index in [9.17, 15) is 4.79 Å². The minimum Gasteiger partial charge on any atom is -0.414 e. The van der Waals surface area contributed by atoms with Gasteiger partial charge in [-0.2, -0.15) is 0 Å². The molecule has 0 N–H and O–H groups in total. The maximum absolute atomic E-state index is 13.9. The van der Waals surface area contributed by atoms with Crippen LogP contribution in [-0.2, 0) is 23.1 Å². The predicted octanol–water partition coefficient (Wildman–Crippen LogP) is 14.8. The van der Waals surface area contributed by atoms with E-state index in [2.05, 4.69) is 113 Å². The average Bonchev–Trinajstić information content (AvgIpc) is 3.86. The monoisotopic (exact) mass is 839 g/mol. The molecule has 0 amide bonds. The third-order valence-corrected chi connectivity index (χ3v) is 25.7. The second kappa shape index (κ2) is 19.7. The zero-order valence-electron chi connectivity index (χ0n) is 40.0. The van der Waals surface area contributed by atoms with Crippen LogP contribution in [0.4, 0.5) is 0 Å². The fourth-order valence-electron chi connectivity index (χ4n) is 10.7. The van der Waals surface area contributed by atoms with Gasteiger partial charge in [0.15, 0.2) is 22.9 Å². The largest absolute Gasteiger partial charge is 0.414 e. The molecule has 5 nitrogen and oxygen atoms in total. The molecule has 0 aromatic heterocycles. The van der Waals surface area contributed by atoms with Crippen molar-refractivity contribution in [3.05, 3.63) is 35.5 Å². The molecule has 1 aliphatic heterocycles. The number of rotatable bonds is 18. The normalized spacial score (nSPS) is 31.4. The van der Waals surface area contributed by atoms with Crippen LogP contribution in [0.2, 0.25) is 36.3 Å². The first-order valence-corrected chi connectivity index (χ1v) is 30.2. The Bertz CT molecular complexity index is 1400. The lowest BCUT2D eigenvalue weighted by Crippen LogP contribution is -2.48. The molecule has 5 rings (SSSR count). The first-order chi connectivity index (χ1) is 27.1. The Kier molecular flexibility index (Phi) is 16.4. The van der Waals surface area contributed by atoms with Crippen LogP contribution in [0.15, 0.2) is 35.5 Å². The fraction of sp³-hybridized carbons (Fsp3) is 0.863. The van der Waals surface area contributed by atoms with Gasteiger partial charge in [0.1, 0.15) is 5.78 Å². The van der Waals surface area contributed by atoms with Crippen molar-refractivity contribution >= 4 is 22.4 Å². The summed E-state index contributed by atoms with van der Waals surface area (Å²) in [5.74, 6) is 2.12. The molecule has 1 heterocycles. The molecule has 0 radical (unpaired) electrons. The first kappa shape index (κ1) is 48.2. The van der Waals surface area contributed by atoms with E-state index in [-0.39, 0.29) is 45.5 Å². The smallest absolute Gasteiger partial charge is 0.192 e. The summed E-state index contributed by atoms with van der Waals surface area (Å²) in [6, 6.07) is 0. The number of fused-ring (bicyclic) bond motifs is 1. The van der Waals surface area contributed by atoms with Gasteiger partial charge >= 0.3 is 0 Å². The molecule has 8 atom stereocenters. The third-order valence-electron chi connectivity index (χ3n) is 16.7. The molecule has 4 saturated carbocycles. The number of carbonyl (C=O) groups excluding carboxylic acids is 1. The second-order valence-electron chi connectivity index (χ2n) is 23.1. The molecular weight excluding hydrogens is 749 g/mol. The van der Waals surface area contributed by atoms with E-state index in [1.165, 1.54) is 56.9 Å². The van der Waals surface area contributed by atoms with Crippen molar-refractivity contribution in [2.24, 2.45) is 28.6 Å². The summed E-state index contributed by atoms with van der Waals surface area (Å²) in [5, 5.41) is 0.373. The standard InChI is InChI=1S/C51H90O5Si2/c1-14-15-16-17-18-23-45(52)51(32-33-51)46(54-47-24-19-20-34-53-47)30-25-38(2)43-28-29-44-40(22-21-31-50(43,44)9)27-26-39-35-41(55-57(10,11)48(3,4)5)37-42(36-39)56-58(12,13)49(6,7)8/h25-27,30,38,41-44,46-47H,14-24,28-29,31-37H2,1-13H3/b30-25+,40-27+/t38-,41-,42-,43-,44+,46?,47?,50-/m1/s1. The van der Waals surface area contributed by atoms with Gasteiger partial charge in [0.05, 0.1) is 23.7 Å². The van der Waals surface area contributed by atoms with Crippen LogP contribution in [0, 0.1) is 28.6 Å². The quantitative estimate of drug-likeness (QED) is 0.0782. The Morgan fingerprint density at radius 2 is 1.47 bits per heavy atom. The maximum Gasteiger partial charge on any atom is 0.192 e. The van der Waals surface area contributed by atoms with Crippen LogP contribution < -0.4 is 0 Å². The summed E-state index contributed by atoms with van der Waals surface area (Å²) in [7, 11) is -3.84. The van der Waals surface area contributed by atoms with E-state index in [0.29, 0.717) is 30.0 Å². The van der Waals surface area contributed by atoms with Gasteiger partial charge in [-0.05, 0) is 149 Å². The molecule has 2 unspecified atom stereocenters. The minimum absolute atomic E-state index is 0.177. The Morgan fingerprint density at radius 1 is 0.828 bits per heavy atom. The zero-order valence-corrected chi connectivity index (χ0v) is 42.0. The molecule has 0 spiro atoms. The van der Waals surface area contributed by atoms with Crippen molar-refractivity contribution in [1.82, 2.24) is 0 Å². The van der Waals surface area contributed by atoms with Gasteiger partial charge in [-0.1, -0.05) is 123 Å². The lowest BCUT2D eigenvalue weighted by molar-refractivity contribution is -0.191. The lowest BCUT2D eigenvalue weighted by atomic mass is 9.61. The van der Waals surface area contributed by atoms with Crippen molar-refractivity contribution < 1.29 is 23.1 Å². The Hall–Kier alpha value is -0.836. The van der Waals surface area contributed by atoms with E-state index in [1.807, 2.05) is 0 Å². The van der Waals surface area contributed by atoms with Crippen molar-refractivity contribution in [1.29, 1.82) is 0 Å². The molecule has 332 valence electrons. The molecule has 5 aliphatic rings. The van der Waals surface area contributed by atoms with Gasteiger partial charge < -0.3 is 18.3 Å². The van der Waals surface area contributed by atoms with Crippen LogP contribution in [0.25, 0.3) is 0 Å². The first-order valence-electron chi connectivity index (χ1n) is 24.3. The van der Waals surface area contributed by atoms with Gasteiger partial charge in [-0.3, -0.25) is 4.79 Å². The summed E-state index contributed by atoms with van der Waals surface area (Å²) >= 11 is 0. The Labute approximate surface area is 360 Å². The highest BCUT2D eigenvalue weighted by Crippen LogP contribution is 2.60. The van der Waals surface area contributed by atoms with Crippen LogP contribution in [0.3, 0.4) is 0 Å². The van der Waals surface area contributed by atoms with Gasteiger partial charge in [0.2, 0.25) is 0 Å². The highest BCUT2D eigenvalue weighted by Gasteiger charge is 2.56. The van der Waals surface area contributed by atoms with E-state index < -0.39 is 16.6 Å². The van der Waals surface area contributed by atoms with E-state index in [0.717, 1.165) is 70.8 Å². The number of ketones is 1. The number of unbranched alkanes of at least 4 members (excludes halogenated alkanes) is 4. The van der Waals surface area contributed by atoms with Crippen molar-refractivity contribution in [2.75, 3.05) is 6.61 Å². The number of allylic oxidation sites excluding steroid dienone is 4. The van der Waals surface area contributed by atoms with E-state index in [4.69, 9.17) is 18.3 Å². The summed E-state index contributed by atoms with van der Waals surface area (Å²) in [6.45, 7) is 31.9. The summed E-state index contributed by atoms with van der Waals surface area (Å²) < 4.78 is 27.2. The molecule has 4 aliphatic carbocycles. The van der Waals surface area contributed by atoms with Crippen LogP contribution in [-0.4, -0.2) is 53.6 Å². The number of hydrogen-bond donors (Lipinski definition) is 0. The predicted molar refractivity (Wildman–Crippen MR) is 249 cm³/mol. The SMILES string of the molecule is CCCCCCCC(=O)C1(C(/C=C/[C@@H](C)[C@H]2CC[C@H]3/C(=C/C=C4C[C@@H](O[Si](C)(C)C(C)(C)C)C[C@H](O[Si](C)(C)C(C)(C)C)C4)CCC[C@]23C)OC2CCCCO2)CC1. The molecule has 1 saturated heterocycles. The lowest BCUT2D eigenvalue weighted by Gasteiger charge is -2.45. The molecule has 0 aromatic carbocycles. The number of carbonyl (C=O) groups is 1. The van der Waals surface area contributed by atoms with E-state index >= 15 is 0 Å². The number of ether oxygens (including phenoxy) is 2. The van der Waals surface area contributed by atoms with E-state index in [1.54, 1.807) is 5.57 Å². The van der Waals surface area contributed by atoms with Gasteiger partial charge in [-0.25, -0.2) is 0 Å². The highest BCUT2D eigenvalue weighted by atomic mass is 28.4. The van der Waals surface area contributed by atoms with Crippen LogP contribution in [0.5, 0.6) is 0 Å². The molecule has 5 fully saturated rings. The minimum atomic E-state index is -1.92. The molecule has 58 heavy (non-hydrogen) atoms. The molecule has 0 aromatic rings. The summed E-state index contributed by atoms with van der Waals surface area (Å²) in [4.78, 5) is 13.9. The zero-order chi connectivity index (χ0) is 42.6. The molecular formula is C51H90O5Si2. The van der Waals surface area contributed by atoms with Crippen molar-refractivity contribution in [3.8, 4) is 0 Å². The van der Waals surface area contributed by atoms with Gasteiger partial charge in [-0.15, -0.1) is 0 Å². The van der Waals surface area contributed by atoms with Crippen molar-refractivity contribution in [3.63, 3.8) is 0 Å². The second-order valence-corrected chi connectivity index (χ2v) is 32.7. The van der Waals surface area contributed by atoms with Crippen LogP contribution in [0.1, 0.15) is 184 Å². The third kappa shape index (κ3) is 11.8. The van der Waals surface area contributed by atoms with Crippen molar-refractivity contribution in [2.45, 2.75) is 245 Å². The number of Topliss-reactive ketones (excluding diaryl/α,β-unsaturated/α-hetero) is 1. The highest BCUT2D eigenvalue weighted by molar-refractivity contribution is 6.74. The van der Waals surface area contributed by atoms with Crippen LogP contribution >= 0.6 is 0 Å². The van der Waals surface area contributed by atoms with Gasteiger partial charge in [0, 0.05) is 13.0 Å². The molecule has 7 heteroatoms. The summed E-state index contributed by atoms with van der Waals surface area (Å²) in [5.41, 5.74) is 3.13. The number of hydrogen-bond acceptors (Lipinski definition) is 5. The average molecular weight is 839 g/mol. The Morgan fingerprint density at radius 3 is 2.03 bits per heavy atom. The van der Waals surface area contributed by atoms with Gasteiger partial charge in [0.25, 0.3) is 0 Å². The fourth-order valence-corrected chi connectivity index (χ4v) is 13.5.